The van der Waals surface area contributed by atoms with Crippen LogP contribution in [0.4, 0.5) is 0 Å². The summed E-state index contributed by atoms with van der Waals surface area (Å²) in [5, 5.41) is 18.8. The third-order valence-electron chi connectivity index (χ3n) is 7.02. The molecule has 1 aromatic heterocycles. The summed E-state index contributed by atoms with van der Waals surface area (Å²) in [5.74, 6) is 0.859. The minimum Gasteiger partial charge on any atom is -0.490 e. The number of nitrogens with zero attached hydrogens (tertiary/aromatic N) is 4. The van der Waals surface area contributed by atoms with E-state index in [2.05, 4.69) is 29.3 Å². The Bertz CT molecular complexity index is 971. The summed E-state index contributed by atoms with van der Waals surface area (Å²) in [4.78, 5) is 16.9. The van der Waals surface area contributed by atoms with Crippen LogP contribution in [-0.2, 0) is 6.42 Å². The summed E-state index contributed by atoms with van der Waals surface area (Å²) in [6, 6.07) is 10.1. The molecule has 2 unspecified atom stereocenters. The maximum atomic E-state index is 13.2. The number of carbonyl (C=O) groups excluding carboxylic acids is 1. The fraction of sp³-hybridized carbons (Fsp3) is 0.633. The lowest BCUT2D eigenvalue weighted by atomic mass is 9.96. The van der Waals surface area contributed by atoms with Crippen LogP contribution in [0.3, 0.4) is 0 Å². The van der Waals surface area contributed by atoms with Gasteiger partial charge in [-0.25, -0.2) is 0 Å². The van der Waals surface area contributed by atoms with Gasteiger partial charge < -0.3 is 19.6 Å². The van der Waals surface area contributed by atoms with Crippen LogP contribution in [0.2, 0.25) is 0 Å². The Kier molecular flexibility index (Phi) is 11.3. The molecule has 1 saturated heterocycles. The van der Waals surface area contributed by atoms with E-state index in [1.54, 1.807) is 4.90 Å². The van der Waals surface area contributed by atoms with Crippen molar-refractivity contribution in [2.24, 2.45) is 5.92 Å². The standard InChI is InChI=1S/C27H37N3O3.C3H9N/c1-3-4-10-24-23(20-11-13-22(14-12-20)33-21-8-6-5-7-9-21)17-25(29-28-24)27(32)30-16-15-26(31)19(2)18-30;1-4(2)3/h11-14,17,19,21,26,31H,3-10,15-16,18H2,1-2H3;1-3H3. The highest BCUT2D eigenvalue weighted by Gasteiger charge is 2.29. The second-order valence-electron chi connectivity index (χ2n) is 11.0. The lowest BCUT2D eigenvalue weighted by molar-refractivity contribution is 0.0293. The highest BCUT2D eigenvalue weighted by atomic mass is 16.5. The highest BCUT2D eigenvalue weighted by molar-refractivity contribution is 5.93. The molecular weight excluding hydrogens is 464 g/mol. The van der Waals surface area contributed by atoms with Gasteiger partial charge in [0.05, 0.1) is 17.9 Å². The number of likely N-dealkylation sites (tertiary alicyclic amines) is 1. The molecular formula is C30H46N4O3. The molecule has 7 nitrogen and oxygen atoms in total. The van der Waals surface area contributed by atoms with Crippen LogP contribution in [0.15, 0.2) is 30.3 Å². The maximum Gasteiger partial charge on any atom is 0.274 e. The third kappa shape index (κ3) is 8.78. The van der Waals surface area contributed by atoms with Crippen molar-refractivity contribution in [3.05, 3.63) is 41.7 Å². The number of aryl methyl sites for hydroxylation is 1. The first-order valence-corrected chi connectivity index (χ1v) is 14.0. The van der Waals surface area contributed by atoms with Crippen LogP contribution in [-0.4, -0.2) is 77.5 Å². The predicted molar refractivity (Wildman–Crippen MR) is 149 cm³/mol. The van der Waals surface area contributed by atoms with Crippen LogP contribution in [0, 0.1) is 5.92 Å². The SMILES string of the molecule is CCCCc1nnc(C(=O)N2CCC(O)C(C)C2)cc1-c1ccc(OC2CCCCC2)cc1.CN(C)C. The largest absolute Gasteiger partial charge is 0.490 e. The lowest BCUT2D eigenvalue weighted by Gasteiger charge is -2.34. The van der Waals surface area contributed by atoms with Crippen LogP contribution < -0.4 is 4.74 Å². The van der Waals surface area contributed by atoms with Crippen molar-refractivity contribution in [2.45, 2.75) is 83.8 Å². The summed E-state index contributed by atoms with van der Waals surface area (Å²) in [7, 11) is 6.00. The van der Waals surface area contributed by atoms with Crippen molar-refractivity contribution in [3.63, 3.8) is 0 Å². The van der Waals surface area contributed by atoms with E-state index in [1.165, 1.54) is 19.3 Å². The quantitative estimate of drug-likeness (QED) is 0.550. The molecule has 204 valence electrons. The molecule has 2 atom stereocenters. The minimum atomic E-state index is -0.346. The molecule has 4 rings (SSSR count). The lowest BCUT2D eigenvalue weighted by Crippen LogP contribution is -2.45. The molecule has 1 aromatic carbocycles. The Morgan fingerprint density at radius 3 is 2.38 bits per heavy atom. The Balaban J connectivity index is 0.000000886. The van der Waals surface area contributed by atoms with Gasteiger partial charge in [-0.1, -0.05) is 38.8 Å². The molecule has 1 N–H and O–H groups in total. The molecule has 37 heavy (non-hydrogen) atoms. The molecule has 2 heterocycles. The Morgan fingerprint density at radius 1 is 1.08 bits per heavy atom. The first-order valence-electron chi connectivity index (χ1n) is 14.0. The normalized spacial score (nSPS) is 20.4. The fourth-order valence-corrected chi connectivity index (χ4v) is 4.87. The number of unbranched alkanes of at least 4 members (excludes halogenated alkanes) is 1. The van der Waals surface area contributed by atoms with E-state index in [4.69, 9.17) is 4.74 Å². The monoisotopic (exact) mass is 510 g/mol. The number of ether oxygens (including phenoxy) is 1. The van der Waals surface area contributed by atoms with E-state index < -0.39 is 0 Å². The second kappa shape index (κ2) is 14.4. The smallest absolute Gasteiger partial charge is 0.274 e. The number of carbonyl (C=O) groups is 1. The molecule has 2 aromatic rings. The van der Waals surface area contributed by atoms with E-state index in [9.17, 15) is 9.90 Å². The van der Waals surface area contributed by atoms with Crippen LogP contribution in [0.5, 0.6) is 5.75 Å². The number of amides is 1. The number of aliphatic hydroxyl groups is 1. The first-order chi connectivity index (χ1) is 17.8. The molecule has 1 aliphatic heterocycles. The van der Waals surface area contributed by atoms with Crippen molar-refractivity contribution >= 4 is 5.91 Å². The van der Waals surface area contributed by atoms with E-state index >= 15 is 0 Å². The van der Waals surface area contributed by atoms with Gasteiger partial charge in [-0.2, -0.15) is 5.10 Å². The van der Waals surface area contributed by atoms with Gasteiger partial charge in [-0.05, 0) is 95.8 Å². The summed E-state index contributed by atoms with van der Waals surface area (Å²) < 4.78 is 6.19. The average Bonchev–Trinajstić information content (AvgIpc) is 2.89. The molecule has 0 bridgehead atoms. The van der Waals surface area contributed by atoms with Gasteiger partial charge in [-0.15, -0.1) is 5.10 Å². The van der Waals surface area contributed by atoms with Gasteiger partial charge in [0.15, 0.2) is 5.69 Å². The number of aromatic nitrogens is 2. The molecule has 7 heteroatoms. The number of hydrogen-bond donors (Lipinski definition) is 1. The molecule has 0 spiro atoms. The zero-order valence-electron chi connectivity index (χ0n) is 23.4. The Morgan fingerprint density at radius 2 is 1.76 bits per heavy atom. The van der Waals surface area contributed by atoms with Crippen molar-refractivity contribution in [2.75, 3.05) is 34.2 Å². The van der Waals surface area contributed by atoms with Crippen molar-refractivity contribution < 1.29 is 14.6 Å². The Labute approximate surface area is 223 Å². The molecule has 2 fully saturated rings. The van der Waals surface area contributed by atoms with Crippen LogP contribution in [0.25, 0.3) is 11.1 Å². The van der Waals surface area contributed by atoms with Crippen molar-refractivity contribution in [3.8, 4) is 16.9 Å². The minimum absolute atomic E-state index is 0.0654. The van der Waals surface area contributed by atoms with Crippen molar-refractivity contribution in [1.29, 1.82) is 0 Å². The average molecular weight is 511 g/mol. The number of hydrogen-bond acceptors (Lipinski definition) is 6. The third-order valence-corrected chi connectivity index (χ3v) is 7.02. The number of aliphatic hydroxyl groups excluding tert-OH is 1. The topological polar surface area (TPSA) is 78.8 Å². The van der Waals surface area contributed by atoms with E-state index in [0.29, 0.717) is 31.3 Å². The summed E-state index contributed by atoms with van der Waals surface area (Å²) in [5.41, 5.74) is 3.30. The molecule has 1 aliphatic carbocycles. The number of benzene rings is 1. The van der Waals surface area contributed by atoms with Gasteiger partial charge in [0.1, 0.15) is 5.75 Å². The molecule has 2 aliphatic rings. The first kappa shape index (κ1) is 29.1. The molecule has 1 amide bonds. The summed E-state index contributed by atoms with van der Waals surface area (Å²) in [6.07, 6.45) is 9.59. The number of rotatable bonds is 7. The number of piperidine rings is 1. The zero-order chi connectivity index (χ0) is 26.8. The highest BCUT2D eigenvalue weighted by Crippen LogP contribution is 2.29. The zero-order valence-corrected chi connectivity index (χ0v) is 23.4. The maximum absolute atomic E-state index is 13.2. The fourth-order valence-electron chi connectivity index (χ4n) is 4.87. The van der Waals surface area contributed by atoms with Gasteiger partial charge in [-0.3, -0.25) is 4.79 Å². The predicted octanol–water partition coefficient (Wildman–Crippen LogP) is 5.22. The van der Waals surface area contributed by atoms with Crippen LogP contribution in [0.1, 0.15) is 81.4 Å². The van der Waals surface area contributed by atoms with E-state index in [0.717, 1.165) is 54.7 Å². The molecule has 1 saturated carbocycles. The summed E-state index contributed by atoms with van der Waals surface area (Å²) >= 11 is 0. The van der Waals surface area contributed by atoms with Crippen LogP contribution >= 0.6 is 0 Å². The van der Waals surface area contributed by atoms with Gasteiger partial charge in [0, 0.05) is 18.7 Å². The van der Waals surface area contributed by atoms with Gasteiger partial charge >= 0.3 is 0 Å². The van der Waals surface area contributed by atoms with E-state index in [-0.39, 0.29) is 17.9 Å². The van der Waals surface area contributed by atoms with Gasteiger partial charge in [0.25, 0.3) is 5.91 Å². The van der Waals surface area contributed by atoms with Gasteiger partial charge in [0.2, 0.25) is 0 Å². The molecule has 0 radical (unpaired) electrons. The second-order valence-corrected chi connectivity index (χ2v) is 11.0. The van der Waals surface area contributed by atoms with Crippen molar-refractivity contribution in [1.82, 2.24) is 20.0 Å². The van der Waals surface area contributed by atoms with E-state index in [1.807, 2.05) is 51.2 Å². The Hall–Kier alpha value is -2.51. The summed E-state index contributed by atoms with van der Waals surface area (Å²) in [6.45, 7) is 5.23.